The van der Waals surface area contributed by atoms with Crippen LogP contribution in [0.5, 0.6) is 0 Å². The van der Waals surface area contributed by atoms with E-state index in [0.29, 0.717) is 12.6 Å². The molecule has 2 aromatic carbocycles. The second kappa shape index (κ2) is 6.55. The average molecular weight is 339 g/mol. The molecular formula is C19H18FN3O2. The van der Waals surface area contributed by atoms with Crippen LogP contribution in [0.2, 0.25) is 0 Å². The molecule has 5 nitrogen and oxygen atoms in total. The SMILES string of the molecule is O=C(NCc1ccc(F)cc1)[C@@H]1CCCN1c1nc2ccccc2o1. The van der Waals surface area contributed by atoms with Gasteiger partial charge in [-0.2, -0.15) is 4.98 Å². The van der Waals surface area contributed by atoms with E-state index in [1.807, 2.05) is 29.2 Å². The van der Waals surface area contributed by atoms with Crippen LogP contribution in [-0.4, -0.2) is 23.5 Å². The van der Waals surface area contributed by atoms with Crippen molar-refractivity contribution in [2.45, 2.75) is 25.4 Å². The molecular weight excluding hydrogens is 321 g/mol. The van der Waals surface area contributed by atoms with Gasteiger partial charge >= 0.3 is 0 Å². The third-order valence-electron chi connectivity index (χ3n) is 4.46. The Kier molecular flexibility index (Phi) is 4.09. The lowest BCUT2D eigenvalue weighted by Gasteiger charge is -2.22. The molecule has 25 heavy (non-hydrogen) atoms. The van der Waals surface area contributed by atoms with Crippen LogP contribution in [0.25, 0.3) is 11.1 Å². The molecule has 0 aliphatic carbocycles. The molecule has 0 radical (unpaired) electrons. The minimum absolute atomic E-state index is 0.0657. The van der Waals surface area contributed by atoms with Crippen molar-refractivity contribution in [1.82, 2.24) is 10.3 Å². The van der Waals surface area contributed by atoms with Crippen molar-refractivity contribution in [3.8, 4) is 0 Å². The highest BCUT2D eigenvalue weighted by molar-refractivity contribution is 5.85. The molecule has 1 aliphatic heterocycles. The maximum absolute atomic E-state index is 12.9. The molecule has 1 amide bonds. The summed E-state index contributed by atoms with van der Waals surface area (Å²) in [6.07, 6.45) is 1.67. The van der Waals surface area contributed by atoms with E-state index in [9.17, 15) is 9.18 Å². The first kappa shape index (κ1) is 15.6. The van der Waals surface area contributed by atoms with Gasteiger partial charge in [-0.25, -0.2) is 4.39 Å². The van der Waals surface area contributed by atoms with E-state index in [1.165, 1.54) is 12.1 Å². The number of aromatic nitrogens is 1. The van der Waals surface area contributed by atoms with Crippen molar-refractivity contribution >= 4 is 23.0 Å². The Morgan fingerprint density at radius 2 is 2.04 bits per heavy atom. The van der Waals surface area contributed by atoms with Crippen LogP contribution in [0.1, 0.15) is 18.4 Å². The predicted molar refractivity (Wildman–Crippen MR) is 92.6 cm³/mol. The molecule has 0 unspecified atom stereocenters. The molecule has 1 saturated heterocycles. The van der Waals surface area contributed by atoms with Gasteiger partial charge in [-0.3, -0.25) is 4.79 Å². The lowest BCUT2D eigenvalue weighted by atomic mass is 10.2. The Labute approximate surface area is 144 Å². The molecule has 1 atom stereocenters. The van der Waals surface area contributed by atoms with Crippen molar-refractivity contribution in [2.24, 2.45) is 0 Å². The first-order valence-electron chi connectivity index (χ1n) is 8.35. The topological polar surface area (TPSA) is 58.4 Å². The Balaban J connectivity index is 1.46. The zero-order chi connectivity index (χ0) is 17.2. The highest BCUT2D eigenvalue weighted by Crippen LogP contribution is 2.28. The first-order chi connectivity index (χ1) is 12.2. The zero-order valence-electron chi connectivity index (χ0n) is 13.6. The number of nitrogens with one attached hydrogen (secondary N) is 1. The molecule has 4 rings (SSSR count). The van der Waals surface area contributed by atoms with Gasteiger partial charge in [-0.1, -0.05) is 24.3 Å². The minimum atomic E-state index is -0.298. The normalized spacial score (nSPS) is 17.2. The number of halogens is 1. The largest absolute Gasteiger partial charge is 0.423 e. The van der Waals surface area contributed by atoms with Gasteiger partial charge in [0.25, 0.3) is 6.01 Å². The Hall–Kier alpha value is -2.89. The van der Waals surface area contributed by atoms with Gasteiger partial charge in [0.1, 0.15) is 17.4 Å². The van der Waals surface area contributed by atoms with Crippen LogP contribution in [0, 0.1) is 5.82 Å². The summed E-state index contributed by atoms with van der Waals surface area (Å²) in [6.45, 7) is 1.11. The fourth-order valence-electron chi connectivity index (χ4n) is 3.16. The Morgan fingerprint density at radius 1 is 1.24 bits per heavy atom. The van der Waals surface area contributed by atoms with Crippen molar-refractivity contribution in [2.75, 3.05) is 11.4 Å². The number of anilines is 1. The highest BCUT2D eigenvalue weighted by atomic mass is 19.1. The molecule has 6 heteroatoms. The first-order valence-corrected chi connectivity index (χ1v) is 8.35. The van der Waals surface area contributed by atoms with Gasteiger partial charge in [-0.15, -0.1) is 0 Å². The van der Waals surface area contributed by atoms with Crippen molar-refractivity contribution in [3.05, 3.63) is 59.9 Å². The summed E-state index contributed by atoms with van der Waals surface area (Å²) in [7, 11) is 0. The number of benzene rings is 2. The smallest absolute Gasteiger partial charge is 0.299 e. The number of hydrogen-bond donors (Lipinski definition) is 1. The lowest BCUT2D eigenvalue weighted by molar-refractivity contribution is -0.122. The highest BCUT2D eigenvalue weighted by Gasteiger charge is 2.33. The number of para-hydroxylation sites is 2. The summed E-state index contributed by atoms with van der Waals surface area (Å²) in [5.41, 5.74) is 2.37. The van der Waals surface area contributed by atoms with Gasteiger partial charge in [0.15, 0.2) is 5.58 Å². The molecule has 3 aromatic rings. The van der Waals surface area contributed by atoms with E-state index in [0.717, 1.165) is 36.0 Å². The van der Waals surface area contributed by atoms with Gasteiger partial charge in [0, 0.05) is 13.1 Å². The standard InChI is InChI=1S/C19H18FN3O2/c20-14-9-7-13(8-10-14)12-21-18(24)16-5-3-11-23(16)19-22-15-4-1-2-6-17(15)25-19/h1-2,4,6-10,16H,3,5,11-12H2,(H,21,24)/t16-/m0/s1. The molecule has 1 aromatic heterocycles. The van der Waals surface area contributed by atoms with E-state index in [2.05, 4.69) is 10.3 Å². The molecule has 0 bridgehead atoms. The number of fused-ring (bicyclic) bond motifs is 1. The lowest BCUT2D eigenvalue weighted by Crippen LogP contribution is -2.43. The van der Waals surface area contributed by atoms with Crippen molar-refractivity contribution < 1.29 is 13.6 Å². The molecule has 1 fully saturated rings. The summed E-state index contributed by atoms with van der Waals surface area (Å²) >= 11 is 0. The van der Waals surface area contributed by atoms with Crippen molar-refractivity contribution in [3.63, 3.8) is 0 Å². The van der Waals surface area contributed by atoms with Crippen LogP contribution in [0.15, 0.2) is 52.9 Å². The van der Waals surface area contributed by atoms with Gasteiger partial charge in [-0.05, 0) is 42.7 Å². The summed E-state index contributed by atoms with van der Waals surface area (Å²) in [5, 5.41) is 2.92. The van der Waals surface area contributed by atoms with Gasteiger partial charge in [0.05, 0.1) is 0 Å². The molecule has 2 heterocycles. The van der Waals surface area contributed by atoms with Gasteiger partial charge < -0.3 is 14.6 Å². The quantitative estimate of drug-likeness (QED) is 0.793. The fraction of sp³-hybridized carbons (Fsp3) is 0.263. The number of carbonyl (C=O) groups excluding carboxylic acids is 1. The molecule has 0 saturated carbocycles. The third kappa shape index (κ3) is 3.20. The fourth-order valence-corrected chi connectivity index (χ4v) is 3.16. The number of hydrogen-bond acceptors (Lipinski definition) is 4. The van der Waals surface area contributed by atoms with Crippen LogP contribution < -0.4 is 10.2 Å². The zero-order valence-corrected chi connectivity index (χ0v) is 13.6. The van der Waals surface area contributed by atoms with Crippen LogP contribution >= 0.6 is 0 Å². The number of carbonyl (C=O) groups is 1. The van der Waals surface area contributed by atoms with Gasteiger partial charge in [0.2, 0.25) is 5.91 Å². The average Bonchev–Trinajstić information content (AvgIpc) is 3.27. The third-order valence-corrected chi connectivity index (χ3v) is 4.46. The monoisotopic (exact) mass is 339 g/mol. The number of nitrogens with zero attached hydrogens (tertiary/aromatic N) is 2. The Morgan fingerprint density at radius 3 is 2.84 bits per heavy atom. The van der Waals surface area contributed by atoms with Crippen LogP contribution in [0.4, 0.5) is 10.4 Å². The number of oxazole rings is 1. The van der Waals surface area contributed by atoms with Crippen LogP contribution in [-0.2, 0) is 11.3 Å². The van der Waals surface area contributed by atoms with E-state index in [4.69, 9.17) is 4.42 Å². The molecule has 0 spiro atoms. The summed E-state index contributed by atoms with van der Waals surface area (Å²) in [6, 6.07) is 13.9. The van der Waals surface area contributed by atoms with Crippen LogP contribution in [0.3, 0.4) is 0 Å². The second-order valence-electron chi connectivity index (χ2n) is 6.16. The number of rotatable bonds is 4. The molecule has 128 valence electrons. The summed E-state index contributed by atoms with van der Waals surface area (Å²) < 4.78 is 18.7. The van der Waals surface area contributed by atoms with Crippen molar-refractivity contribution in [1.29, 1.82) is 0 Å². The maximum atomic E-state index is 12.9. The number of amides is 1. The van der Waals surface area contributed by atoms with E-state index >= 15 is 0 Å². The summed E-state index contributed by atoms with van der Waals surface area (Å²) in [5.74, 6) is -0.350. The molecule has 1 N–H and O–H groups in total. The van der Waals surface area contributed by atoms with E-state index < -0.39 is 0 Å². The summed E-state index contributed by atoms with van der Waals surface area (Å²) in [4.78, 5) is 19.0. The van der Waals surface area contributed by atoms with E-state index in [1.54, 1.807) is 12.1 Å². The van der Waals surface area contributed by atoms with E-state index in [-0.39, 0.29) is 17.8 Å². The Bertz CT molecular complexity index is 858. The second-order valence-corrected chi connectivity index (χ2v) is 6.16. The predicted octanol–water partition coefficient (Wildman–Crippen LogP) is 3.25. The molecule has 1 aliphatic rings. The maximum Gasteiger partial charge on any atom is 0.299 e. The minimum Gasteiger partial charge on any atom is -0.423 e.